The van der Waals surface area contributed by atoms with Gasteiger partial charge in [-0.3, -0.25) is 19.4 Å². The molecule has 2 heterocycles. The summed E-state index contributed by atoms with van der Waals surface area (Å²) in [5.74, 6) is 0.693. The largest absolute Gasteiger partial charge is 0.355 e. The number of rotatable bonds is 7. The SMILES string of the molecule is CCCNC(=O)CN1CCN(Cc2cc(=O)[nH]c(-c3ccccc3)n2)CC1. The third-order valence-corrected chi connectivity index (χ3v) is 4.63. The first-order chi connectivity index (χ1) is 13.1. The summed E-state index contributed by atoms with van der Waals surface area (Å²) in [7, 11) is 0. The Morgan fingerprint density at radius 2 is 1.85 bits per heavy atom. The minimum absolute atomic E-state index is 0.0917. The average molecular weight is 369 g/mol. The lowest BCUT2D eigenvalue weighted by molar-refractivity contribution is -0.122. The number of amides is 1. The summed E-state index contributed by atoms with van der Waals surface area (Å²) in [6.07, 6.45) is 0.952. The lowest BCUT2D eigenvalue weighted by atomic mass is 10.2. The third-order valence-electron chi connectivity index (χ3n) is 4.63. The second-order valence-electron chi connectivity index (χ2n) is 6.85. The van der Waals surface area contributed by atoms with Crippen molar-refractivity contribution >= 4 is 5.91 Å². The summed E-state index contributed by atoms with van der Waals surface area (Å²) in [6, 6.07) is 11.2. The molecule has 1 amide bonds. The zero-order chi connectivity index (χ0) is 19.1. The molecule has 1 aliphatic heterocycles. The van der Waals surface area contributed by atoms with Gasteiger partial charge in [0.05, 0.1) is 12.2 Å². The third kappa shape index (κ3) is 5.74. The Morgan fingerprint density at radius 3 is 2.56 bits per heavy atom. The van der Waals surface area contributed by atoms with Crippen LogP contribution < -0.4 is 10.9 Å². The molecule has 144 valence electrons. The zero-order valence-corrected chi connectivity index (χ0v) is 15.8. The Bertz CT molecular complexity index is 798. The van der Waals surface area contributed by atoms with Gasteiger partial charge < -0.3 is 10.3 Å². The van der Waals surface area contributed by atoms with E-state index < -0.39 is 0 Å². The van der Waals surface area contributed by atoms with Gasteiger partial charge in [0, 0.05) is 50.9 Å². The number of carbonyl (C=O) groups excluding carboxylic acids is 1. The molecule has 0 aliphatic carbocycles. The summed E-state index contributed by atoms with van der Waals surface area (Å²) in [6.45, 7) is 7.27. The van der Waals surface area contributed by atoms with Gasteiger partial charge >= 0.3 is 0 Å². The van der Waals surface area contributed by atoms with E-state index in [1.165, 1.54) is 0 Å². The molecule has 0 atom stereocenters. The van der Waals surface area contributed by atoms with E-state index in [0.29, 0.717) is 18.9 Å². The highest BCUT2D eigenvalue weighted by molar-refractivity contribution is 5.77. The lowest BCUT2D eigenvalue weighted by Gasteiger charge is -2.34. The molecule has 0 radical (unpaired) electrons. The van der Waals surface area contributed by atoms with E-state index in [0.717, 1.165) is 50.4 Å². The van der Waals surface area contributed by atoms with Crippen molar-refractivity contribution in [2.45, 2.75) is 19.9 Å². The predicted octanol–water partition coefficient (Wildman–Crippen LogP) is 1.08. The van der Waals surface area contributed by atoms with Gasteiger partial charge in [-0.15, -0.1) is 0 Å². The molecular formula is C20H27N5O2. The van der Waals surface area contributed by atoms with Crippen LogP contribution in [0.3, 0.4) is 0 Å². The quantitative estimate of drug-likeness (QED) is 0.763. The first kappa shape index (κ1) is 19.3. The molecular weight excluding hydrogens is 342 g/mol. The fourth-order valence-electron chi connectivity index (χ4n) is 3.18. The van der Waals surface area contributed by atoms with E-state index >= 15 is 0 Å². The van der Waals surface area contributed by atoms with Crippen LogP contribution in [0.2, 0.25) is 0 Å². The maximum Gasteiger partial charge on any atom is 0.251 e. The highest BCUT2D eigenvalue weighted by Crippen LogP contribution is 2.13. The van der Waals surface area contributed by atoms with Crippen LogP contribution in [-0.2, 0) is 11.3 Å². The molecule has 1 aromatic heterocycles. The highest BCUT2D eigenvalue weighted by atomic mass is 16.2. The summed E-state index contributed by atoms with van der Waals surface area (Å²) < 4.78 is 0. The minimum atomic E-state index is -0.134. The topological polar surface area (TPSA) is 81.3 Å². The summed E-state index contributed by atoms with van der Waals surface area (Å²) in [5.41, 5.74) is 1.54. The average Bonchev–Trinajstić information content (AvgIpc) is 2.68. The summed E-state index contributed by atoms with van der Waals surface area (Å²) >= 11 is 0. The number of H-pyrrole nitrogens is 1. The molecule has 0 spiro atoms. The number of piperazine rings is 1. The maximum absolute atomic E-state index is 12.0. The molecule has 2 aromatic rings. The van der Waals surface area contributed by atoms with E-state index in [4.69, 9.17) is 0 Å². The van der Waals surface area contributed by atoms with Gasteiger partial charge in [0.1, 0.15) is 5.82 Å². The molecule has 1 fully saturated rings. The van der Waals surface area contributed by atoms with Crippen molar-refractivity contribution in [3.8, 4) is 11.4 Å². The van der Waals surface area contributed by atoms with Crippen molar-refractivity contribution in [3.63, 3.8) is 0 Å². The van der Waals surface area contributed by atoms with Crippen molar-refractivity contribution in [2.24, 2.45) is 0 Å². The molecule has 0 unspecified atom stereocenters. The van der Waals surface area contributed by atoms with E-state index in [1.54, 1.807) is 6.07 Å². The number of benzene rings is 1. The maximum atomic E-state index is 12.0. The molecule has 7 heteroatoms. The standard InChI is InChI=1S/C20H27N5O2/c1-2-8-21-19(27)15-25-11-9-24(10-12-25)14-17-13-18(26)23-20(22-17)16-6-4-3-5-7-16/h3-7,13H,2,8-12,14-15H2,1H3,(H,21,27)(H,22,23,26). The lowest BCUT2D eigenvalue weighted by Crippen LogP contribution is -2.49. The van der Waals surface area contributed by atoms with Gasteiger partial charge in [-0.25, -0.2) is 4.98 Å². The van der Waals surface area contributed by atoms with E-state index in [9.17, 15) is 9.59 Å². The number of carbonyl (C=O) groups is 1. The van der Waals surface area contributed by atoms with Gasteiger partial charge in [0.25, 0.3) is 5.56 Å². The van der Waals surface area contributed by atoms with Crippen LogP contribution in [-0.4, -0.2) is 64.9 Å². The predicted molar refractivity (Wildman–Crippen MR) is 105 cm³/mol. The van der Waals surface area contributed by atoms with Crippen molar-refractivity contribution < 1.29 is 4.79 Å². The van der Waals surface area contributed by atoms with Gasteiger partial charge in [0.2, 0.25) is 5.91 Å². The number of hydrogen-bond acceptors (Lipinski definition) is 5. The molecule has 7 nitrogen and oxygen atoms in total. The van der Waals surface area contributed by atoms with Crippen molar-refractivity contribution in [1.82, 2.24) is 25.1 Å². The summed E-state index contributed by atoms with van der Waals surface area (Å²) in [4.78, 5) is 35.7. The smallest absolute Gasteiger partial charge is 0.251 e. The number of hydrogen-bond donors (Lipinski definition) is 2. The number of aromatic nitrogens is 2. The van der Waals surface area contributed by atoms with Crippen LogP contribution in [0.4, 0.5) is 0 Å². The Labute approximate surface area is 159 Å². The highest BCUT2D eigenvalue weighted by Gasteiger charge is 2.19. The van der Waals surface area contributed by atoms with Crippen molar-refractivity contribution in [3.05, 3.63) is 52.4 Å². The Hall–Kier alpha value is -2.51. The zero-order valence-electron chi connectivity index (χ0n) is 15.8. The molecule has 1 aliphatic rings. The summed E-state index contributed by atoms with van der Waals surface area (Å²) in [5, 5.41) is 2.92. The molecule has 0 bridgehead atoms. The van der Waals surface area contributed by atoms with Crippen molar-refractivity contribution in [1.29, 1.82) is 0 Å². The minimum Gasteiger partial charge on any atom is -0.355 e. The molecule has 3 rings (SSSR count). The first-order valence-corrected chi connectivity index (χ1v) is 9.51. The molecule has 1 saturated heterocycles. The number of nitrogens with zero attached hydrogens (tertiary/aromatic N) is 3. The van der Waals surface area contributed by atoms with E-state index in [-0.39, 0.29) is 11.5 Å². The van der Waals surface area contributed by atoms with E-state index in [2.05, 4.69) is 25.1 Å². The van der Waals surface area contributed by atoms with Gasteiger partial charge in [-0.2, -0.15) is 0 Å². The Morgan fingerprint density at radius 1 is 1.15 bits per heavy atom. The molecule has 27 heavy (non-hydrogen) atoms. The molecule has 2 N–H and O–H groups in total. The normalized spacial score (nSPS) is 15.6. The molecule has 1 aromatic carbocycles. The fourth-order valence-corrected chi connectivity index (χ4v) is 3.18. The van der Waals surface area contributed by atoms with Crippen molar-refractivity contribution in [2.75, 3.05) is 39.3 Å². The first-order valence-electron chi connectivity index (χ1n) is 9.51. The van der Waals surface area contributed by atoms with E-state index in [1.807, 2.05) is 37.3 Å². The Balaban J connectivity index is 1.55. The fraction of sp³-hybridized carbons (Fsp3) is 0.450. The van der Waals surface area contributed by atoms with Crippen LogP contribution in [0.25, 0.3) is 11.4 Å². The van der Waals surface area contributed by atoms with Crippen LogP contribution >= 0.6 is 0 Å². The Kier molecular flexibility index (Phi) is 6.73. The monoisotopic (exact) mass is 369 g/mol. The number of aromatic amines is 1. The molecule has 0 saturated carbocycles. The second-order valence-corrected chi connectivity index (χ2v) is 6.85. The van der Waals surface area contributed by atoms with Gasteiger partial charge in [-0.1, -0.05) is 37.3 Å². The van der Waals surface area contributed by atoms with Crippen LogP contribution in [0.15, 0.2) is 41.2 Å². The number of nitrogens with one attached hydrogen (secondary N) is 2. The van der Waals surface area contributed by atoms with Gasteiger partial charge in [-0.05, 0) is 6.42 Å². The van der Waals surface area contributed by atoms with Crippen LogP contribution in [0, 0.1) is 0 Å². The van der Waals surface area contributed by atoms with Gasteiger partial charge in [0.15, 0.2) is 0 Å². The van der Waals surface area contributed by atoms with Crippen LogP contribution in [0.1, 0.15) is 19.0 Å². The van der Waals surface area contributed by atoms with Crippen LogP contribution in [0.5, 0.6) is 0 Å². The second kappa shape index (κ2) is 9.43.